The Labute approximate surface area is 225 Å². The van der Waals surface area contributed by atoms with Crippen molar-refractivity contribution in [3.05, 3.63) is 59.6 Å². The normalized spacial score (nSPS) is 19.9. The number of hydrogen-bond donors (Lipinski definition) is 1. The molecular weight excluding hydrogens is 484 g/mol. The summed E-state index contributed by atoms with van der Waals surface area (Å²) in [7, 11) is 1.78. The van der Waals surface area contributed by atoms with Crippen molar-refractivity contribution in [3.8, 4) is 11.5 Å². The summed E-state index contributed by atoms with van der Waals surface area (Å²) in [5.74, 6) is 1.33. The van der Waals surface area contributed by atoms with Crippen LogP contribution in [0.4, 0.5) is 0 Å². The first kappa shape index (κ1) is 27.7. The van der Waals surface area contributed by atoms with Crippen molar-refractivity contribution in [2.75, 3.05) is 59.7 Å². The number of nitrogens with zero attached hydrogens (tertiary/aromatic N) is 3. The van der Waals surface area contributed by atoms with E-state index < -0.39 is 0 Å². The van der Waals surface area contributed by atoms with Crippen LogP contribution in [0.15, 0.2) is 54.0 Å². The number of amides is 2. The maximum Gasteiger partial charge on any atom is 0.248 e. The van der Waals surface area contributed by atoms with Gasteiger partial charge in [0, 0.05) is 68.9 Å². The molecule has 206 valence electrons. The van der Waals surface area contributed by atoms with E-state index in [0.717, 1.165) is 57.0 Å². The highest BCUT2D eigenvalue weighted by molar-refractivity contribution is 5.87. The smallest absolute Gasteiger partial charge is 0.248 e. The summed E-state index contributed by atoms with van der Waals surface area (Å²) in [6.07, 6.45) is 8.78. The largest absolute Gasteiger partial charge is 0.490 e. The monoisotopic (exact) mass is 524 g/mol. The van der Waals surface area contributed by atoms with E-state index in [1.54, 1.807) is 24.2 Å². The van der Waals surface area contributed by atoms with E-state index in [1.165, 1.54) is 5.57 Å². The summed E-state index contributed by atoms with van der Waals surface area (Å²) in [5, 5.41) is 3.08. The predicted octanol–water partition coefficient (Wildman–Crippen LogP) is 2.90. The topological polar surface area (TPSA) is 83.6 Å². The van der Waals surface area contributed by atoms with Crippen molar-refractivity contribution in [2.45, 2.75) is 33.2 Å². The molecule has 1 atom stereocenters. The number of allylic oxidation sites excluding steroid dienone is 1. The fourth-order valence-electron chi connectivity index (χ4n) is 4.96. The number of morpholine rings is 1. The Kier molecular flexibility index (Phi) is 9.84. The predicted molar refractivity (Wildman–Crippen MR) is 145 cm³/mol. The number of ether oxygens (including phenoxy) is 3. The zero-order valence-electron chi connectivity index (χ0n) is 22.8. The van der Waals surface area contributed by atoms with Crippen LogP contribution in [0, 0.1) is 5.92 Å². The van der Waals surface area contributed by atoms with E-state index in [1.807, 2.05) is 49.2 Å². The molecule has 4 rings (SSSR count). The number of para-hydroxylation sites is 1. The fourth-order valence-corrected chi connectivity index (χ4v) is 4.96. The van der Waals surface area contributed by atoms with Crippen molar-refractivity contribution < 1.29 is 23.8 Å². The van der Waals surface area contributed by atoms with Gasteiger partial charge in [-0.2, -0.15) is 0 Å². The lowest BCUT2D eigenvalue weighted by molar-refractivity contribution is -0.126. The van der Waals surface area contributed by atoms with Gasteiger partial charge >= 0.3 is 0 Å². The average molecular weight is 525 g/mol. The SMILES string of the molecule is CCOc1cccc(CN(C)C(=O)/C=C/N2C=CC3=C(CC(CCN4CCOCC4)C(=O)N3)C2)c1OCC. The molecule has 38 heavy (non-hydrogen) atoms. The molecule has 3 heterocycles. The second-order valence-corrected chi connectivity index (χ2v) is 9.76. The van der Waals surface area contributed by atoms with E-state index in [-0.39, 0.29) is 17.7 Å². The third-order valence-corrected chi connectivity index (χ3v) is 7.05. The van der Waals surface area contributed by atoms with Crippen molar-refractivity contribution in [1.29, 1.82) is 0 Å². The third-order valence-electron chi connectivity index (χ3n) is 7.05. The summed E-state index contributed by atoms with van der Waals surface area (Å²) in [6.45, 7) is 10.3. The van der Waals surface area contributed by atoms with E-state index in [0.29, 0.717) is 37.8 Å². The van der Waals surface area contributed by atoms with E-state index in [2.05, 4.69) is 10.2 Å². The summed E-state index contributed by atoms with van der Waals surface area (Å²) in [4.78, 5) is 31.6. The van der Waals surface area contributed by atoms with Gasteiger partial charge in [0.2, 0.25) is 11.8 Å². The number of carbonyl (C=O) groups is 2. The quantitative estimate of drug-likeness (QED) is 0.446. The first-order valence-electron chi connectivity index (χ1n) is 13.6. The van der Waals surface area contributed by atoms with Crippen LogP contribution in [-0.2, 0) is 20.9 Å². The molecule has 1 unspecified atom stereocenters. The minimum Gasteiger partial charge on any atom is -0.490 e. The zero-order valence-corrected chi connectivity index (χ0v) is 22.8. The first-order chi connectivity index (χ1) is 18.5. The zero-order chi connectivity index (χ0) is 26.9. The van der Waals surface area contributed by atoms with Crippen LogP contribution in [0.2, 0.25) is 0 Å². The van der Waals surface area contributed by atoms with Gasteiger partial charge < -0.3 is 29.3 Å². The molecule has 0 saturated carbocycles. The van der Waals surface area contributed by atoms with Crippen molar-refractivity contribution in [1.82, 2.24) is 20.0 Å². The van der Waals surface area contributed by atoms with Crippen molar-refractivity contribution >= 4 is 11.8 Å². The molecule has 0 aromatic heterocycles. The van der Waals surface area contributed by atoms with Gasteiger partial charge in [-0.15, -0.1) is 0 Å². The minimum atomic E-state index is -0.109. The number of nitrogens with one attached hydrogen (secondary N) is 1. The molecule has 1 fully saturated rings. The van der Waals surface area contributed by atoms with Crippen molar-refractivity contribution in [2.24, 2.45) is 5.92 Å². The number of rotatable bonds is 11. The summed E-state index contributed by atoms with van der Waals surface area (Å²) < 4.78 is 17.0. The van der Waals surface area contributed by atoms with Gasteiger partial charge in [-0.25, -0.2) is 0 Å². The van der Waals surface area contributed by atoms with Gasteiger partial charge in [0.05, 0.1) is 26.4 Å². The molecule has 0 radical (unpaired) electrons. The Morgan fingerprint density at radius 3 is 2.76 bits per heavy atom. The van der Waals surface area contributed by atoms with Crippen LogP contribution in [0.5, 0.6) is 11.5 Å². The lowest BCUT2D eigenvalue weighted by atomic mass is 9.89. The van der Waals surface area contributed by atoms with Gasteiger partial charge in [-0.3, -0.25) is 14.5 Å². The van der Waals surface area contributed by atoms with Crippen LogP contribution in [0.1, 0.15) is 32.3 Å². The highest BCUT2D eigenvalue weighted by Crippen LogP contribution is 2.32. The van der Waals surface area contributed by atoms with E-state index >= 15 is 0 Å². The third kappa shape index (κ3) is 7.17. The Morgan fingerprint density at radius 1 is 1.21 bits per heavy atom. The number of benzene rings is 1. The molecule has 2 amide bonds. The molecule has 3 aliphatic heterocycles. The number of likely N-dealkylation sites (N-methyl/N-ethyl adjacent to an activating group) is 1. The Hall–Kier alpha value is -3.30. The summed E-state index contributed by atoms with van der Waals surface area (Å²) in [6, 6.07) is 5.75. The second kappa shape index (κ2) is 13.5. The van der Waals surface area contributed by atoms with Crippen LogP contribution >= 0.6 is 0 Å². The molecule has 9 nitrogen and oxygen atoms in total. The Morgan fingerprint density at radius 2 is 2.00 bits per heavy atom. The van der Waals surface area contributed by atoms with Crippen molar-refractivity contribution in [3.63, 3.8) is 0 Å². The standard InChI is InChI=1S/C29H40N4O5/c1-4-37-26-8-6-7-23(28(26)38-5-2)20-31(3)27(34)11-14-33-13-10-25-24(21-33)19-22(29(35)30-25)9-12-32-15-17-36-18-16-32/h6-8,10-11,13-14,22H,4-5,9,12,15-21H2,1-3H3,(H,30,35)/b14-11+. The fraction of sp³-hybridized carbons (Fsp3) is 0.517. The Balaban J connectivity index is 1.32. The van der Waals surface area contributed by atoms with Gasteiger partial charge in [-0.1, -0.05) is 12.1 Å². The number of hydrogen-bond acceptors (Lipinski definition) is 7. The summed E-state index contributed by atoms with van der Waals surface area (Å²) >= 11 is 0. The molecular formula is C29H40N4O5. The molecule has 9 heteroatoms. The van der Waals surface area contributed by atoms with Gasteiger partial charge in [0.1, 0.15) is 0 Å². The molecule has 0 spiro atoms. The highest BCUT2D eigenvalue weighted by Gasteiger charge is 2.29. The molecule has 0 bridgehead atoms. The van der Waals surface area contributed by atoms with E-state index in [4.69, 9.17) is 14.2 Å². The van der Waals surface area contributed by atoms with Gasteiger partial charge in [-0.05, 0) is 50.9 Å². The van der Waals surface area contributed by atoms with Crippen LogP contribution in [0.25, 0.3) is 0 Å². The first-order valence-corrected chi connectivity index (χ1v) is 13.6. The molecule has 1 aromatic carbocycles. The highest BCUT2D eigenvalue weighted by atomic mass is 16.5. The molecule has 1 aromatic rings. The molecule has 1 saturated heterocycles. The molecule has 0 aliphatic carbocycles. The summed E-state index contributed by atoms with van der Waals surface area (Å²) in [5.41, 5.74) is 2.98. The number of carbonyl (C=O) groups excluding carboxylic acids is 2. The maximum atomic E-state index is 12.9. The van der Waals surface area contributed by atoms with Crippen LogP contribution in [-0.4, -0.2) is 86.2 Å². The maximum absolute atomic E-state index is 12.9. The van der Waals surface area contributed by atoms with Crippen LogP contribution < -0.4 is 14.8 Å². The average Bonchev–Trinajstić information content (AvgIpc) is 2.93. The minimum absolute atomic E-state index is 0.0336. The van der Waals surface area contributed by atoms with E-state index in [9.17, 15) is 9.59 Å². The second-order valence-electron chi connectivity index (χ2n) is 9.76. The molecule has 1 N–H and O–H groups in total. The molecule has 3 aliphatic rings. The van der Waals surface area contributed by atoms with Gasteiger partial charge in [0.15, 0.2) is 11.5 Å². The lowest BCUT2D eigenvalue weighted by Gasteiger charge is -2.33. The Bertz CT molecular complexity index is 1080. The lowest BCUT2D eigenvalue weighted by Crippen LogP contribution is -2.42. The van der Waals surface area contributed by atoms with Gasteiger partial charge in [0.25, 0.3) is 0 Å². The van der Waals surface area contributed by atoms with Crippen LogP contribution in [0.3, 0.4) is 0 Å².